The first-order valence-electron chi connectivity index (χ1n) is 8.95. The van der Waals surface area contributed by atoms with Crippen molar-refractivity contribution in [1.82, 2.24) is 0 Å². The summed E-state index contributed by atoms with van der Waals surface area (Å²) >= 11 is 0. The summed E-state index contributed by atoms with van der Waals surface area (Å²) in [5.41, 5.74) is 0. The second kappa shape index (κ2) is 9.78. The third-order valence-corrected chi connectivity index (χ3v) is 4.31. The fourth-order valence-electron chi connectivity index (χ4n) is 3.50. The molecule has 0 amide bonds. The van der Waals surface area contributed by atoms with E-state index >= 15 is 0 Å². The molecule has 23 heavy (non-hydrogen) atoms. The first-order chi connectivity index (χ1) is 11.2. The van der Waals surface area contributed by atoms with Crippen molar-refractivity contribution in [2.24, 2.45) is 11.8 Å². The minimum atomic E-state index is 0.562. The Hall–Kier alpha value is -1.26. The number of piperidine rings is 1. The molecule has 2 atom stereocenters. The Bertz CT molecular complexity index is 442. The quantitative estimate of drug-likeness (QED) is 0.706. The van der Waals surface area contributed by atoms with Crippen LogP contribution in [0.25, 0.3) is 0 Å². The van der Waals surface area contributed by atoms with Gasteiger partial charge in [-0.2, -0.15) is 0 Å². The van der Waals surface area contributed by atoms with Crippen molar-refractivity contribution >= 4 is 0 Å². The van der Waals surface area contributed by atoms with Gasteiger partial charge in [0.1, 0.15) is 13.2 Å². The molecule has 0 bridgehead atoms. The van der Waals surface area contributed by atoms with Crippen LogP contribution in [-0.2, 0) is 4.74 Å². The van der Waals surface area contributed by atoms with Gasteiger partial charge in [-0.25, -0.2) is 0 Å². The molecule has 0 aliphatic carbocycles. The summed E-state index contributed by atoms with van der Waals surface area (Å²) in [6.45, 7) is 13.0. The van der Waals surface area contributed by atoms with Gasteiger partial charge in [0.05, 0.1) is 32.9 Å². The van der Waals surface area contributed by atoms with Crippen molar-refractivity contribution in [3.63, 3.8) is 0 Å². The number of para-hydroxylation sites is 2. The van der Waals surface area contributed by atoms with Gasteiger partial charge in [0.15, 0.2) is 11.5 Å². The number of likely N-dealkylation sites (tertiary alicyclic amines) is 1. The molecule has 1 aromatic carbocycles. The van der Waals surface area contributed by atoms with Gasteiger partial charge in [-0.1, -0.05) is 26.0 Å². The van der Waals surface area contributed by atoms with E-state index in [-0.39, 0.29) is 0 Å². The van der Waals surface area contributed by atoms with Crippen LogP contribution in [-0.4, -0.2) is 46.1 Å². The molecule has 0 aromatic heterocycles. The molecule has 1 N–H and O–H groups in total. The second-order valence-electron chi connectivity index (χ2n) is 6.69. The maximum Gasteiger partial charge on any atom is 0.161 e. The van der Waals surface area contributed by atoms with Crippen molar-refractivity contribution in [3.05, 3.63) is 24.3 Å². The van der Waals surface area contributed by atoms with Crippen molar-refractivity contribution in [3.8, 4) is 11.5 Å². The first-order valence-corrected chi connectivity index (χ1v) is 8.95. The summed E-state index contributed by atoms with van der Waals surface area (Å²) in [6, 6.07) is 7.78. The van der Waals surface area contributed by atoms with Gasteiger partial charge in [-0.05, 0) is 25.5 Å². The van der Waals surface area contributed by atoms with E-state index in [1.165, 1.54) is 19.5 Å². The molecule has 4 nitrogen and oxygen atoms in total. The molecule has 130 valence electrons. The number of ether oxygens (including phenoxy) is 3. The van der Waals surface area contributed by atoms with Crippen LogP contribution in [0.15, 0.2) is 24.3 Å². The van der Waals surface area contributed by atoms with E-state index in [0.29, 0.717) is 19.8 Å². The fraction of sp³-hybridized carbons (Fsp3) is 0.684. The van der Waals surface area contributed by atoms with Crippen LogP contribution in [0.3, 0.4) is 0 Å². The zero-order chi connectivity index (χ0) is 16.5. The minimum absolute atomic E-state index is 0.562. The maximum absolute atomic E-state index is 5.76. The van der Waals surface area contributed by atoms with Crippen LogP contribution >= 0.6 is 0 Å². The lowest BCUT2D eigenvalue weighted by atomic mass is 9.92. The normalized spacial score (nSPS) is 24.4. The summed E-state index contributed by atoms with van der Waals surface area (Å²) in [5.74, 6) is 3.28. The molecule has 0 saturated carbocycles. The van der Waals surface area contributed by atoms with E-state index in [1.807, 2.05) is 31.2 Å². The van der Waals surface area contributed by atoms with Gasteiger partial charge in [-0.15, -0.1) is 0 Å². The maximum atomic E-state index is 5.76. The predicted octanol–water partition coefficient (Wildman–Crippen LogP) is 2.04. The molecule has 0 spiro atoms. The van der Waals surface area contributed by atoms with Crippen LogP contribution in [0, 0.1) is 11.8 Å². The molecule has 1 saturated heterocycles. The summed E-state index contributed by atoms with van der Waals surface area (Å²) < 4.78 is 17.0. The van der Waals surface area contributed by atoms with Gasteiger partial charge >= 0.3 is 0 Å². The third kappa shape index (κ3) is 6.40. The number of hydrogen-bond donors (Lipinski definition) is 1. The molecule has 1 aliphatic rings. The Morgan fingerprint density at radius 1 is 0.957 bits per heavy atom. The van der Waals surface area contributed by atoms with E-state index in [1.54, 1.807) is 4.90 Å². The highest BCUT2D eigenvalue weighted by Gasteiger charge is 2.24. The van der Waals surface area contributed by atoms with Gasteiger partial charge in [0.25, 0.3) is 0 Å². The molecule has 2 rings (SSSR count). The number of rotatable bonds is 9. The average molecular weight is 322 g/mol. The van der Waals surface area contributed by atoms with Gasteiger partial charge < -0.3 is 19.1 Å². The van der Waals surface area contributed by atoms with Gasteiger partial charge in [0, 0.05) is 11.8 Å². The van der Waals surface area contributed by atoms with E-state index in [4.69, 9.17) is 14.2 Å². The highest BCUT2D eigenvalue weighted by Crippen LogP contribution is 2.26. The van der Waals surface area contributed by atoms with E-state index in [2.05, 4.69) is 13.8 Å². The summed E-state index contributed by atoms with van der Waals surface area (Å²) in [6.07, 6.45) is 1.37. The molecule has 0 radical (unpaired) electrons. The monoisotopic (exact) mass is 322 g/mol. The van der Waals surface area contributed by atoms with Crippen molar-refractivity contribution < 1.29 is 19.1 Å². The van der Waals surface area contributed by atoms with Crippen molar-refractivity contribution in [2.45, 2.75) is 27.2 Å². The zero-order valence-corrected chi connectivity index (χ0v) is 14.8. The highest BCUT2D eigenvalue weighted by atomic mass is 16.5. The average Bonchev–Trinajstić information content (AvgIpc) is 2.51. The van der Waals surface area contributed by atoms with Crippen LogP contribution in [0.4, 0.5) is 0 Å². The number of hydrogen-bond acceptors (Lipinski definition) is 3. The lowest BCUT2D eigenvalue weighted by Gasteiger charge is -2.31. The smallest absolute Gasteiger partial charge is 0.161 e. The van der Waals surface area contributed by atoms with Crippen LogP contribution < -0.4 is 14.4 Å². The molecular weight excluding hydrogens is 290 g/mol. The molecule has 1 aliphatic heterocycles. The Morgan fingerprint density at radius 2 is 1.61 bits per heavy atom. The first kappa shape index (κ1) is 18.1. The van der Waals surface area contributed by atoms with Gasteiger partial charge in [0.2, 0.25) is 0 Å². The predicted molar refractivity (Wildman–Crippen MR) is 92.4 cm³/mol. The summed E-state index contributed by atoms with van der Waals surface area (Å²) in [5, 5.41) is 0. The van der Waals surface area contributed by atoms with E-state index in [9.17, 15) is 0 Å². The molecular formula is C19H32NO3+. The van der Waals surface area contributed by atoms with Crippen LogP contribution in [0.2, 0.25) is 0 Å². The third-order valence-electron chi connectivity index (χ3n) is 4.31. The molecule has 4 heteroatoms. The zero-order valence-electron chi connectivity index (χ0n) is 14.8. The Morgan fingerprint density at radius 3 is 2.26 bits per heavy atom. The van der Waals surface area contributed by atoms with Crippen molar-refractivity contribution in [2.75, 3.05) is 46.1 Å². The number of benzene rings is 1. The Kier molecular flexibility index (Phi) is 7.69. The number of quaternary nitrogens is 1. The lowest BCUT2D eigenvalue weighted by Crippen LogP contribution is -3.14. The highest BCUT2D eigenvalue weighted by molar-refractivity contribution is 5.39. The summed E-state index contributed by atoms with van der Waals surface area (Å²) in [4.78, 5) is 1.68. The van der Waals surface area contributed by atoms with Crippen molar-refractivity contribution in [1.29, 1.82) is 0 Å². The second-order valence-corrected chi connectivity index (χ2v) is 6.69. The Balaban J connectivity index is 1.59. The topological polar surface area (TPSA) is 32.1 Å². The Labute approximate surface area is 140 Å². The molecule has 0 unspecified atom stereocenters. The lowest BCUT2D eigenvalue weighted by molar-refractivity contribution is -0.912. The van der Waals surface area contributed by atoms with Crippen LogP contribution in [0.5, 0.6) is 11.5 Å². The fourth-order valence-corrected chi connectivity index (χ4v) is 3.50. The largest absolute Gasteiger partial charge is 0.490 e. The molecule has 1 aromatic rings. The van der Waals surface area contributed by atoms with Crippen LogP contribution in [0.1, 0.15) is 27.2 Å². The van der Waals surface area contributed by atoms with E-state index in [0.717, 1.165) is 36.5 Å². The van der Waals surface area contributed by atoms with E-state index < -0.39 is 0 Å². The van der Waals surface area contributed by atoms with Gasteiger partial charge in [-0.3, -0.25) is 0 Å². The number of nitrogens with one attached hydrogen (secondary N) is 1. The standard InChI is InChI=1S/C19H31NO3/c1-4-22-18-7-5-6-8-19(18)23-12-11-21-10-9-20-14-16(2)13-17(3)15-20/h5-8,16-17H,4,9-15H2,1-3H3/p+1/t16-,17-/m1/s1. The minimum Gasteiger partial charge on any atom is -0.490 e. The molecule has 1 heterocycles. The SMILES string of the molecule is CCOc1ccccc1OCCOCC[NH+]1C[C@H](C)C[C@@H](C)C1. The molecule has 1 fully saturated rings. The summed E-state index contributed by atoms with van der Waals surface area (Å²) in [7, 11) is 0.